The van der Waals surface area contributed by atoms with E-state index in [1.807, 2.05) is 11.8 Å². The highest BCUT2D eigenvalue weighted by atomic mass is 32.2. The van der Waals surface area contributed by atoms with Crippen molar-refractivity contribution >= 4 is 17.7 Å². The van der Waals surface area contributed by atoms with Crippen LogP contribution in [0, 0.1) is 0 Å². The fourth-order valence-corrected chi connectivity index (χ4v) is 3.67. The predicted molar refractivity (Wildman–Crippen MR) is 70.3 cm³/mol. The van der Waals surface area contributed by atoms with Crippen molar-refractivity contribution in [3.05, 3.63) is 0 Å². The number of rotatable bonds is 4. The summed E-state index contributed by atoms with van der Waals surface area (Å²) < 4.78 is 4.69. The van der Waals surface area contributed by atoms with Gasteiger partial charge in [-0.15, -0.1) is 0 Å². The van der Waals surface area contributed by atoms with Crippen LogP contribution in [0.1, 0.15) is 19.3 Å². The fraction of sp³-hybridized carbons (Fsp3) is 0.917. The van der Waals surface area contributed by atoms with Crippen molar-refractivity contribution in [1.82, 2.24) is 10.2 Å². The third-order valence-corrected chi connectivity index (χ3v) is 4.73. The maximum Gasteiger partial charge on any atom is 0.319 e. The number of carbonyl (C=O) groups is 1. The molecular formula is C12H22N2O2S. The standard InChI is InChI=1S/C12H22N2O2S/c1-16-12(15)8-14-5-2-10(3-6-14)13-11-4-7-17-9-11/h10-11,13H,2-9H2,1H3/t11-/m1/s1. The third kappa shape index (κ3) is 4.16. The average Bonchev–Trinajstić information content (AvgIpc) is 2.84. The van der Waals surface area contributed by atoms with E-state index in [1.165, 1.54) is 25.0 Å². The van der Waals surface area contributed by atoms with Crippen molar-refractivity contribution in [3.8, 4) is 0 Å². The lowest BCUT2D eigenvalue weighted by molar-refractivity contribution is -0.142. The molecule has 4 nitrogen and oxygen atoms in total. The molecule has 0 saturated carbocycles. The fourth-order valence-electron chi connectivity index (χ4n) is 2.50. The van der Waals surface area contributed by atoms with Crippen LogP contribution in [-0.2, 0) is 9.53 Å². The van der Waals surface area contributed by atoms with Gasteiger partial charge in [0.25, 0.3) is 0 Å². The second kappa shape index (κ2) is 6.61. The van der Waals surface area contributed by atoms with E-state index in [0.717, 1.165) is 32.0 Å². The Bertz CT molecular complexity index is 249. The molecule has 1 N–H and O–H groups in total. The summed E-state index contributed by atoms with van der Waals surface area (Å²) in [6.07, 6.45) is 3.61. The molecule has 2 heterocycles. The first kappa shape index (κ1) is 13.2. The molecule has 0 spiro atoms. The first-order valence-corrected chi connectivity index (χ1v) is 7.56. The molecule has 0 unspecified atom stereocenters. The number of carbonyl (C=O) groups excluding carboxylic acids is 1. The molecule has 0 aromatic heterocycles. The molecule has 2 aliphatic rings. The van der Waals surface area contributed by atoms with Crippen molar-refractivity contribution in [1.29, 1.82) is 0 Å². The molecule has 2 saturated heterocycles. The van der Waals surface area contributed by atoms with Gasteiger partial charge >= 0.3 is 5.97 Å². The van der Waals surface area contributed by atoms with Gasteiger partial charge in [0.2, 0.25) is 0 Å². The van der Waals surface area contributed by atoms with Crippen molar-refractivity contribution < 1.29 is 9.53 Å². The topological polar surface area (TPSA) is 41.6 Å². The number of piperidine rings is 1. The van der Waals surface area contributed by atoms with Crippen molar-refractivity contribution in [2.24, 2.45) is 0 Å². The minimum atomic E-state index is -0.122. The van der Waals surface area contributed by atoms with Crippen LogP contribution in [0.15, 0.2) is 0 Å². The monoisotopic (exact) mass is 258 g/mol. The maximum absolute atomic E-state index is 11.2. The van der Waals surface area contributed by atoms with Crippen LogP contribution in [-0.4, -0.2) is 61.2 Å². The smallest absolute Gasteiger partial charge is 0.319 e. The lowest BCUT2D eigenvalue weighted by Crippen LogP contribution is -2.47. The van der Waals surface area contributed by atoms with Crippen LogP contribution in [0.2, 0.25) is 0 Å². The molecule has 2 rings (SSSR count). The van der Waals surface area contributed by atoms with Gasteiger partial charge in [-0.05, 0) is 25.0 Å². The molecule has 0 aliphatic carbocycles. The van der Waals surface area contributed by atoms with Crippen LogP contribution in [0.5, 0.6) is 0 Å². The van der Waals surface area contributed by atoms with Crippen LogP contribution < -0.4 is 5.32 Å². The SMILES string of the molecule is COC(=O)CN1CCC(N[C@@H]2CCSC2)CC1. The summed E-state index contributed by atoms with van der Waals surface area (Å²) in [4.78, 5) is 13.3. The predicted octanol–water partition coefficient (Wildman–Crippen LogP) is 0.719. The molecule has 2 fully saturated rings. The zero-order chi connectivity index (χ0) is 12.1. The second-order valence-electron chi connectivity index (χ2n) is 4.85. The van der Waals surface area contributed by atoms with Crippen molar-refractivity contribution in [2.45, 2.75) is 31.3 Å². The Kier molecular flexibility index (Phi) is 5.13. The molecule has 17 heavy (non-hydrogen) atoms. The number of nitrogens with one attached hydrogen (secondary N) is 1. The van der Waals surface area contributed by atoms with Crippen LogP contribution >= 0.6 is 11.8 Å². The third-order valence-electron chi connectivity index (χ3n) is 3.57. The Morgan fingerprint density at radius 3 is 2.71 bits per heavy atom. The summed E-state index contributed by atoms with van der Waals surface area (Å²) in [6, 6.07) is 1.37. The van der Waals surface area contributed by atoms with Gasteiger partial charge in [0, 0.05) is 30.9 Å². The lowest BCUT2D eigenvalue weighted by atomic mass is 10.0. The number of hydrogen-bond acceptors (Lipinski definition) is 5. The van der Waals surface area contributed by atoms with E-state index < -0.39 is 0 Å². The van der Waals surface area contributed by atoms with Gasteiger partial charge in [-0.1, -0.05) is 0 Å². The number of thioether (sulfide) groups is 1. The Hall–Kier alpha value is -0.260. The van der Waals surface area contributed by atoms with E-state index in [9.17, 15) is 4.79 Å². The van der Waals surface area contributed by atoms with E-state index in [1.54, 1.807) is 0 Å². The first-order chi connectivity index (χ1) is 8.28. The van der Waals surface area contributed by atoms with Crippen LogP contribution in [0.3, 0.4) is 0 Å². The zero-order valence-electron chi connectivity index (χ0n) is 10.5. The summed E-state index contributed by atoms with van der Waals surface area (Å²) >= 11 is 2.05. The van der Waals surface area contributed by atoms with Crippen molar-refractivity contribution in [2.75, 3.05) is 38.2 Å². The molecular weight excluding hydrogens is 236 g/mol. The Morgan fingerprint density at radius 2 is 2.12 bits per heavy atom. The first-order valence-electron chi connectivity index (χ1n) is 6.41. The average molecular weight is 258 g/mol. The second-order valence-corrected chi connectivity index (χ2v) is 6.00. The van der Waals surface area contributed by atoms with Crippen LogP contribution in [0.4, 0.5) is 0 Å². The number of likely N-dealkylation sites (tertiary alicyclic amines) is 1. The van der Waals surface area contributed by atoms with E-state index in [0.29, 0.717) is 12.6 Å². The Labute approximate surface area is 107 Å². The number of ether oxygens (including phenoxy) is 1. The van der Waals surface area contributed by atoms with Crippen LogP contribution in [0.25, 0.3) is 0 Å². The van der Waals surface area contributed by atoms with Crippen molar-refractivity contribution in [3.63, 3.8) is 0 Å². The lowest BCUT2D eigenvalue weighted by Gasteiger charge is -2.33. The van der Waals surface area contributed by atoms with E-state index in [-0.39, 0.29) is 5.97 Å². The summed E-state index contributed by atoms with van der Waals surface area (Å²) in [5.41, 5.74) is 0. The summed E-state index contributed by atoms with van der Waals surface area (Å²) in [6.45, 7) is 2.46. The molecule has 98 valence electrons. The molecule has 0 aromatic rings. The number of esters is 1. The van der Waals surface area contributed by atoms with Gasteiger partial charge in [-0.2, -0.15) is 11.8 Å². The van der Waals surface area contributed by atoms with Gasteiger partial charge in [0.05, 0.1) is 13.7 Å². The summed E-state index contributed by atoms with van der Waals surface area (Å²) in [5.74, 6) is 2.45. The largest absolute Gasteiger partial charge is 0.468 e. The van der Waals surface area contributed by atoms with Gasteiger partial charge in [-0.3, -0.25) is 9.69 Å². The Morgan fingerprint density at radius 1 is 1.35 bits per heavy atom. The van der Waals surface area contributed by atoms with Gasteiger partial charge < -0.3 is 10.1 Å². The molecule has 5 heteroatoms. The maximum atomic E-state index is 11.2. The van der Waals surface area contributed by atoms with E-state index in [2.05, 4.69) is 15.0 Å². The molecule has 0 amide bonds. The van der Waals surface area contributed by atoms with Gasteiger partial charge in [0.1, 0.15) is 0 Å². The van der Waals surface area contributed by atoms with E-state index >= 15 is 0 Å². The molecule has 0 bridgehead atoms. The molecule has 0 aromatic carbocycles. The highest BCUT2D eigenvalue weighted by molar-refractivity contribution is 7.99. The van der Waals surface area contributed by atoms with Gasteiger partial charge in [0.15, 0.2) is 0 Å². The number of methoxy groups -OCH3 is 1. The zero-order valence-corrected chi connectivity index (χ0v) is 11.3. The minimum Gasteiger partial charge on any atom is -0.468 e. The summed E-state index contributed by atoms with van der Waals surface area (Å²) in [7, 11) is 1.45. The van der Waals surface area contributed by atoms with E-state index in [4.69, 9.17) is 0 Å². The molecule has 1 atom stereocenters. The quantitative estimate of drug-likeness (QED) is 0.753. The summed E-state index contributed by atoms with van der Waals surface area (Å²) in [5, 5.41) is 3.74. The highest BCUT2D eigenvalue weighted by Gasteiger charge is 2.24. The molecule has 2 aliphatic heterocycles. The minimum absolute atomic E-state index is 0.122. The molecule has 0 radical (unpaired) electrons. The highest BCUT2D eigenvalue weighted by Crippen LogP contribution is 2.19. The number of hydrogen-bond donors (Lipinski definition) is 1. The normalized spacial score (nSPS) is 27.2. The Balaban J connectivity index is 1.65. The van der Waals surface area contributed by atoms with Gasteiger partial charge in [-0.25, -0.2) is 0 Å². The number of nitrogens with zero attached hydrogens (tertiary/aromatic N) is 1.